The summed E-state index contributed by atoms with van der Waals surface area (Å²) in [6.07, 6.45) is 1.80. The van der Waals surface area contributed by atoms with Crippen molar-refractivity contribution in [3.63, 3.8) is 0 Å². The van der Waals surface area contributed by atoms with E-state index in [1.54, 1.807) is 6.20 Å². The number of nitrogens with zero attached hydrogens (tertiary/aromatic N) is 2. The number of hydrogen-bond donors (Lipinski definition) is 2. The molecule has 1 aliphatic heterocycles. The van der Waals surface area contributed by atoms with Gasteiger partial charge in [0.2, 0.25) is 0 Å². The number of aromatic nitrogens is 1. The molecule has 0 amide bonds. The summed E-state index contributed by atoms with van der Waals surface area (Å²) in [5.74, 6) is -0.105. The van der Waals surface area contributed by atoms with Crippen LogP contribution >= 0.6 is 0 Å². The fourth-order valence-corrected chi connectivity index (χ4v) is 3.13. The lowest BCUT2D eigenvalue weighted by molar-refractivity contribution is 0.580. The van der Waals surface area contributed by atoms with Gasteiger partial charge in [0, 0.05) is 42.6 Å². The van der Waals surface area contributed by atoms with Gasteiger partial charge in [0.15, 0.2) is 0 Å². The predicted octanol–water partition coefficient (Wildman–Crippen LogP) is 4.04. The van der Waals surface area contributed by atoms with Crippen molar-refractivity contribution < 1.29 is 8.78 Å². The van der Waals surface area contributed by atoms with Crippen LogP contribution in [-0.4, -0.2) is 18.1 Å². The van der Waals surface area contributed by atoms with Gasteiger partial charge in [0.05, 0.1) is 5.69 Å². The first-order valence-electron chi connectivity index (χ1n) is 8.39. The molecule has 0 unspecified atom stereocenters. The minimum absolute atomic E-state index is 0.283. The van der Waals surface area contributed by atoms with Crippen molar-refractivity contribution in [2.75, 3.05) is 29.0 Å². The van der Waals surface area contributed by atoms with Crippen molar-refractivity contribution in [2.24, 2.45) is 0 Å². The van der Waals surface area contributed by atoms with Crippen LogP contribution in [0.2, 0.25) is 0 Å². The molecule has 3 N–H and O–H groups in total. The predicted molar refractivity (Wildman–Crippen MR) is 100.0 cm³/mol. The SMILES string of the molecule is Nc1ccc(-c2cnc3c(c2)N(Cc2cc(F)ccc2F)CCN3)cc1. The molecular formula is C20H18F2N4. The maximum Gasteiger partial charge on any atom is 0.149 e. The zero-order chi connectivity index (χ0) is 18.1. The topological polar surface area (TPSA) is 54.2 Å². The number of nitrogens with two attached hydrogens (primary N) is 1. The standard InChI is InChI=1S/C20H18F2N4/c21-16-3-6-18(22)15(9-16)12-26-8-7-24-20-19(26)10-14(11-25-20)13-1-4-17(23)5-2-13/h1-6,9-11H,7-8,12,23H2,(H,24,25). The molecule has 132 valence electrons. The molecule has 0 saturated heterocycles. The Labute approximate surface area is 150 Å². The monoisotopic (exact) mass is 352 g/mol. The molecule has 0 bridgehead atoms. The summed E-state index contributed by atoms with van der Waals surface area (Å²) in [4.78, 5) is 6.51. The smallest absolute Gasteiger partial charge is 0.149 e. The lowest BCUT2D eigenvalue weighted by atomic mass is 10.1. The highest BCUT2D eigenvalue weighted by atomic mass is 19.1. The molecule has 0 saturated carbocycles. The van der Waals surface area contributed by atoms with Crippen molar-refractivity contribution in [1.29, 1.82) is 0 Å². The van der Waals surface area contributed by atoms with E-state index in [1.165, 1.54) is 6.07 Å². The molecule has 3 aromatic rings. The Balaban J connectivity index is 1.69. The molecule has 4 nitrogen and oxygen atoms in total. The molecule has 4 rings (SSSR count). The maximum atomic E-state index is 14.0. The Bertz CT molecular complexity index is 941. The van der Waals surface area contributed by atoms with Gasteiger partial charge >= 0.3 is 0 Å². The number of rotatable bonds is 3. The number of hydrogen-bond acceptors (Lipinski definition) is 4. The van der Waals surface area contributed by atoms with Crippen LogP contribution in [-0.2, 0) is 6.54 Å². The van der Waals surface area contributed by atoms with Crippen LogP contribution in [0.5, 0.6) is 0 Å². The van der Waals surface area contributed by atoms with Crippen molar-refractivity contribution >= 4 is 17.2 Å². The average molecular weight is 352 g/mol. The van der Waals surface area contributed by atoms with E-state index in [2.05, 4.69) is 10.3 Å². The molecule has 0 radical (unpaired) electrons. The molecule has 0 aliphatic carbocycles. The molecular weight excluding hydrogens is 334 g/mol. The molecule has 0 fully saturated rings. The van der Waals surface area contributed by atoms with Crippen LogP contribution < -0.4 is 16.0 Å². The number of fused-ring (bicyclic) bond motifs is 1. The summed E-state index contributed by atoms with van der Waals surface area (Å²) in [6.45, 7) is 1.65. The molecule has 0 spiro atoms. The summed E-state index contributed by atoms with van der Waals surface area (Å²) in [7, 11) is 0. The van der Waals surface area contributed by atoms with Gasteiger partial charge in [-0.3, -0.25) is 0 Å². The van der Waals surface area contributed by atoms with Gasteiger partial charge in [-0.1, -0.05) is 12.1 Å². The van der Waals surface area contributed by atoms with Gasteiger partial charge in [-0.25, -0.2) is 13.8 Å². The van der Waals surface area contributed by atoms with Crippen LogP contribution in [0.25, 0.3) is 11.1 Å². The average Bonchev–Trinajstić information content (AvgIpc) is 2.65. The number of anilines is 3. The fourth-order valence-electron chi connectivity index (χ4n) is 3.13. The first-order chi connectivity index (χ1) is 12.6. The summed E-state index contributed by atoms with van der Waals surface area (Å²) in [6, 6.07) is 13.1. The highest BCUT2D eigenvalue weighted by molar-refractivity contribution is 5.76. The number of benzene rings is 2. The Morgan fingerprint density at radius 3 is 2.65 bits per heavy atom. The molecule has 6 heteroatoms. The number of nitrogen functional groups attached to an aromatic ring is 1. The molecule has 2 aromatic carbocycles. The zero-order valence-electron chi connectivity index (χ0n) is 14.0. The van der Waals surface area contributed by atoms with E-state index in [4.69, 9.17) is 5.73 Å². The van der Waals surface area contributed by atoms with E-state index in [0.29, 0.717) is 24.3 Å². The minimum atomic E-state index is -0.439. The molecule has 1 aliphatic rings. The summed E-state index contributed by atoms with van der Waals surface area (Å²) < 4.78 is 27.5. The highest BCUT2D eigenvalue weighted by Crippen LogP contribution is 2.33. The first-order valence-corrected chi connectivity index (χ1v) is 8.39. The second-order valence-electron chi connectivity index (χ2n) is 6.30. The number of halogens is 2. The van der Waals surface area contributed by atoms with Crippen LogP contribution in [0.4, 0.5) is 26.0 Å². The van der Waals surface area contributed by atoms with Gasteiger partial charge in [-0.05, 0) is 42.0 Å². The van der Waals surface area contributed by atoms with E-state index in [0.717, 1.165) is 34.8 Å². The van der Waals surface area contributed by atoms with Crippen molar-refractivity contribution in [1.82, 2.24) is 4.98 Å². The Morgan fingerprint density at radius 2 is 1.85 bits per heavy atom. The van der Waals surface area contributed by atoms with Crippen molar-refractivity contribution in [3.8, 4) is 11.1 Å². The third kappa shape index (κ3) is 3.18. The van der Waals surface area contributed by atoms with Crippen LogP contribution in [0.15, 0.2) is 54.7 Å². The molecule has 1 aromatic heterocycles. The van der Waals surface area contributed by atoms with E-state index in [-0.39, 0.29) is 6.54 Å². The molecule has 26 heavy (non-hydrogen) atoms. The van der Waals surface area contributed by atoms with Gasteiger partial charge in [-0.15, -0.1) is 0 Å². The second-order valence-corrected chi connectivity index (χ2v) is 6.30. The van der Waals surface area contributed by atoms with Crippen LogP contribution in [0.3, 0.4) is 0 Å². The first kappa shape index (κ1) is 16.3. The van der Waals surface area contributed by atoms with Crippen LogP contribution in [0.1, 0.15) is 5.56 Å². The minimum Gasteiger partial charge on any atom is -0.399 e. The summed E-state index contributed by atoms with van der Waals surface area (Å²) in [5.41, 5.74) is 9.59. The largest absolute Gasteiger partial charge is 0.399 e. The third-order valence-corrected chi connectivity index (χ3v) is 4.50. The Morgan fingerprint density at radius 1 is 1.04 bits per heavy atom. The maximum absolute atomic E-state index is 14.0. The van der Waals surface area contributed by atoms with Crippen molar-refractivity contribution in [2.45, 2.75) is 6.54 Å². The molecule has 0 atom stereocenters. The highest BCUT2D eigenvalue weighted by Gasteiger charge is 2.20. The van der Waals surface area contributed by atoms with E-state index in [1.807, 2.05) is 35.2 Å². The normalized spacial score (nSPS) is 13.2. The van der Waals surface area contributed by atoms with Crippen molar-refractivity contribution in [3.05, 3.63) is 71.9 Å². The lowest BCUT2D eigenvalue weighted by Gasteiger charge is -2.32. The molecule has 2 heterocycles. The van der Waals surface area contributed by atoms with E-state index >= 15 is 0 Å². The van der Waals surface area contributed by atoms with Gasteiger partial charge in [-0.2, -0.15) is 0 Å². The van der Waals surface area contributed by atoms with E-state index < -0.39 is 11.6 Å². The fraction of sp³-hybridized carbons (Fsp3) is 0.150. The summed E-state index contributed by atoms with van der Waals surface area (Å²) in [5, 5.41) is 3.25. The second kappa shape index (κ2) is 6.63. The summed E-state index contributed by atoms with van der Waals surface area (Å²) >= 11 is 0. The number of nitrogens with one attached hydrogen (secondary N) is 1. The zero-order valence-corrected chi connectivity index (χ0v) is 14.0. The van der Waals surface area contributed by atoms with Gasteiger partial charge in [0.25, 0.3) is 0 Å². The number of pyridine rings is 1. The Kier molecular flexibility index (Phi) is 4.16. The lowest BCUT2D eigenvalue weighted by Crippen LogP contribution is -2.34. The Hall–Kier alpha value is -3.15. The van der Waals surface area contributed by atoms with Gasteiger partial charge in [0.1, 0.15) is 17.5 Å². The van der Waals surface area contributed by atoms with E-state index in [9.17, 15) is 8.78 Å². The third-order valence-electron chi connectivity index (χ3n) is 4.50. The quantitative estimate of drug-likeness (QED) is 0.699. The van der Waals surface area contributed by atoms with Gasteiger partial charge < -0.3 is 16.0 Å². The van der Waals surface area contributed by atoms with Crippen LogP contribution in [0, 0.1) is 11.6 Å².